The highest BCUT2D eigenvalue weighted by Crippen LogP contribution is 2.25. The van der Waals surface area contributed by atoms with Crippen molar-refractivity contribution in [3.63, 3.8) is 0 Å². The lowest BCUT2D eigenvalue weighted by atomic mass is 10.1. The smallest absolute Gasteiger partial charge is 0.0965 e. The summed E-state index contributed by atoms with van der Waals surface area (Å²) in [5, 5.41) is 4.34. The van der Waals surface area contributed by atoms with Crippen LogP contribution in [0, 0.1) is 6.92 Å². The van der Waals surface area contributed by atoms with Crippen molar-refractivity contribution in [3.8, 4) is 11.3 Å². The second-order valence-electron chi connectivity index (χ2n) is 3.81. The van der Waals surface area contributed by atoms with Crippen LogP contribution >= 0.6 is 0 Å². The van der Waals surface area contributed by atoms with E-state index >= 15 is 0 Å². The molecule has 0 bridgehead atoms. The van der Waals surface area contributed by atoms with Crippen LogP contribution in [0.2, 0.25) is 0 Å². The van der Waals surface area contributed by atoms with Gasteiger partial charge in [-0.3, -0.25) is 9.67 Å². The van der Waals surface area contributed by atoms with E-state index in [1.165, 1.54) is 0 Å². The van der Waals surface area contributed by atoms with Gasteiger partial charge in [0.15, 0.2) is 0 Å². The summed E-state index contributed by atoms with van der Waals surface area (Å²) in [5.74, 6) is 0. The molecule has 0 amide bonds. The Morgan fingerprint density at radius 3 is 2.94 bits per heavy atom. The molecule has 0 fully saturated rings. The molecule has 4 heteroatoms. The third kappa shape index (κ3) is 1.78. The van der Waals surface area contributed by atoms with E-state index in [4.69, 9.17) is 5.73 Å². The maximum Gasteiger partial charge on any atom is 0.0965 e. The van der Waals surface area contributed by atoms with Crippen molar-refractivity contribution in [1.29, 1.82) is 0 Å². The summed E-state index contributed by atoms with van der Waals surface area (Å²) in [6, 6.07) is 3.70. The second kappa shape index (κ2) is 4.35. The van der Waals surface area contributed by atoms with Crippen molar-refractivity contribution in [3.05, 3.63) is 30.2 Å². The summed E-state index contributed by atoms with van der Waals surface area (Å²) in [6.45, 7) is 5.11. The molecule has 0 aliphatic rings. The maximum absolute atomic E-state index is 5.91. The van der Waals surface area contributed by atoms with Gasteiger partial charge >= 0.3 is 0 Å². The lowest BCUT2D eigenvalue weighted by Crippen LogP contribution is -2.01. The zero-order valence-corrected chi connectivity index (χ0v) is 9.64. The van der Waals surface area contributed by atoms with Crippen molar-refractivity contribution in [2.24, 2.45) is 0 Å². The van der Waals surface area contributed by atoms with Crippen LogP contribution in [0.1, 0.15) is 19.0 Å². The quantitative estimate of drug-likeness (QED) is 0.856. The first-order valence-corrected chi connectivity index (χ1v) is 5.47. The van der Waals surface area contributed by atoms with Gasteiger partial charge in [-0.15, -0.1) is 0 Å². The fourth-order valence-corrected chi connectivity index (χ4v) is 1.76. The highest BCUT2D eigenvalue weighted by Gasteiger charge is 2.11. The Kier molecular flexibility index (Phi) is 2.90. The van der Waals surface area contributed by atoms with Crippen LogP contribution in [0.25, 0.3) is 11.3 Å². The van der Waals surface area contributed by atoms with E-state index in [0.29, 0.717) is 5.69 Å². The fraction of sp³-hybridized carbons (Fsp3) is 0.333. The van der Waals surface area contributed by atoms with Gasteiger partial charge in [0.25, 0.3) is 0 Å². The maximum atomic E-state index is 5.91. The number of aryl methyl sites for hydroxylation is 1. The monoisotopic (exact) mass is 216 g/mol. The molecule has 0 radical (unpaired) electrons. The Morgan fingerprint density at radius 1 is 1.44 bits per heavy atom. The van der Waals surface area contributed by atoms with E-state index in [1.807, 2.05) is 29.9 Å². The third-order valence-corrected chi connectivity index (χ3v) is 2.63. The zero-order valence-electron chi connectivity index (χ0n) is 9.64. The number of rotatable bonds is 3. The summed E-state index contributed by atoms with van der Waals surface area (Å²) >= 11 is 0. The van der Waals surface area contributed by atoms with E-state index < -0.39 is 0 Å². The molecular formula is C12H16N4. The molecule has 0 aliphatic carbocycles. The van der Waals surface area contributed by atoms with Gasteiger partial charge in [0.2, 0.25) is 0 Å². The first-order valence-electron chi connectivity index (χ1n) is 5.47. The van der Waals surface area contributed by atoms with E-state index in [2.05, 4.69) is 17.0 Å². The molecule has 0 atom stereocenters. The average molecular weight is 216 g/mol. The van der Waals surface area contributed by atoms with Crippen molar-refractivity contribution < 1.29 is 0 Å². The summed E-state index contributed by atoms with van der Waals surface area (Å²) in [4.78, 5) is 4.30. The molecule has 2 aromatic heterocycles. The largest absolute Gasteiger partial charge is 0.397 e. The molecule has 2 N–H and O–H groups in total. The van der Waals surface area contributed by atoms with Crippen LogP contribution in [0.3, 0.4) is 0 Å². The lowest BCUT2D eigenvalue weighted by Gasteiger charge is -2.05. The minimum absolute atomic E-state index is 0.696. The highest BCUT2D eigenvalue weighted by atomic mass is 15.3. The minimum Gasteiger partial charge on any atom is -0.397 e. The van der Waals surface area contributed by atoms with Crippen LogP contribution in [0.15, 0.2) is 24.5 Å². The van der Waals surface area contributed by atoms with Crippen molar-refractivity contribution in [1.82, 2.24) is 14.8 Å². The number of hydrogen-bond acceptors (Lipinski definition) is 3. The predicted molar refractivity (Wildman–Crippen MR) is 64.9 cm³/mol. The number of hydrogen-bond donors (Lipinski definition) is 1. The molecule has 0 aliphatic heterocycles. The molecule has 4 nitrogen and oxygen atoms in total. The van der Waals surface area contributed by atoms with Crippen LogP contribution < -0.4 is 5.73 Å². The first-order chi connectivity index (χ1) is 7.74. The highest BCUT2D eigenvalue weighted by molar-refractivity contribution is 5.73. The van der Waals surface area contributed by atoms with Gasteiger partial charge < -0.3 is 5.73 Å². The molecule has 0 aromatic carbocycles. The van der Waals surface area contributed by atoms with Gasteiger partial charge in [-0.25, -0.2) is 0 Å². The summed E-state index contributed by atoms with van der Waals surface area (Å²) in [5.41, 5.74) is 9.56. The van der Waals surface area contributed by atoms with Crippen LogP contribution in [-0.2, 0) is 6.54 Å². The number of pyridine rings is 1. The van der Waals surface area contributed by atoms with E-state index in [9.17, 15) is 0 Å². The number of nitrogens with zero attached hydrogens (tertiary/aromatic N) is 3. The minimum atomic E-state index is 0.696. The molecule has 0 saturated heterocycles. The van der Waals surface area contributed by atoms with E-state index in [0.717, 1.165) is 29.9 Å². The van der Waals surface area contributed by atoms with Gasteiger partial charge in [-0.1, -0.05) is 6.92 Å². The normalized spacial score (nSPS) is 10.6. The van der Waals surface area contributed by atoms with E-state index in [-0.39, 0.29) is 0 Å². The van der Waals surface area contributed by atoms with Crippen molar-refractivity contribution >= 4 is 5.69 Å². The first kappa shape index (κ1) is 10.7. The van der Waals surface area contributed by atoms with Gasteiger partial charge in [0.1, 0.15) is 0 Å². The molecule has 0 unspecified atom stereocenters. The SMILES string of the molecule is CCCn1ncc(-c2ncccc2N)c1C. The topological polar surface area (TPSA) is 56.7 Å². The summed E-state index contributed by atoms with van der Waals surface area (Å²) in [6.07, 6.45) is 4.66. The molecule has 2 rings (SSSR count). The van der Waals surface area contributed by atoms with Crippen LogP contribution in [0.5, 0.6) is 0 Å². The zero-order chi connectivity index (χ0) is 11.5. The Labute approximate surface area is 95.1 Å². The summed E-state index contributed by atoms with van der Waals surface area (Å²) in [7, 11) is 0. The number of anilines is 1. The lowest BCUT2D eigenvalue weighted by molar-refractivity contribution is 0.587. The molecule has 0 spiro atoms. The van der Waals surface area contributed by atoms with Gasteiger partial charge in [0, 0.05) is 24.0 Å². The molecule has 2 aromatic rings. The van der Waals surface area contributed by atoms with Gasteiger partial charge in [-0.05, 0) is 25.5 Å². The Hall–Kier alpha value is -1.84. The number of aromatic nitrogens is 3. The van der Waals surface area contributed by atoms with Crippen LogP contribution in [-0.4, -0.2) is 14.8 Å². The fourth-order valence-electron chi connectivity index (χ4n) is 1.76. The Morgan fingerprint density at radius 2 is 2.25 bits per heavy atom. The third-order valence-electron chi connectivity index (χ3n) is 2.63. The van der Waals surface area contributed by atoms with Crippen molar-refractivity contribution in [2.75, 3.05) is 5.73 Å². The predicted octanol–water partition coefficient (Wildman–Crippen LogP) is 2.25. The standard InChI is InChI=1S/C12H16N4/c1-3-7-16-9(2)10(8-15-16)12-11(13)5-4-6-14-12/h4-6,8H,3,7,13H2,1-2H3. The molecule has 2 heterocycles. The summed E-state index contributed by atoms with van der Waals surface area (Å²) < 4.78 is 1.99. The second-order valence-corrected chi connectivity index (χ2v) is 3.81. The number of nitrogens with two attached hydrogens (primary N) is 1. The van der Waals surface area contributed by atoms with E-state index in [1.54, 1.807) is 6.20 Å². The Balaban J connectivity index is 2.45. The molecule has 84 valence electrons. The average Bonchev–Trinajstić information content (AvgIpc) is 2.62. The number of nitrogen functional groups attached to an aromatic ring is 1. The van der Waals surface area contributed by atoms with Gasteiger partial charge in [0.05, 0.1) is 17.6 Å². The molecule has 0 saturated carbocycles. The Bertz CT molecular complexity index is 488. The molecule has 16 heavy (non-hydrogen) atoms. The molecular weight excluding hydrogens is 200 g/mol. The van der Waals surface area contributed by atoms with Crippen molar-refractivity contribution in [2.45, 2.75) is 26.8 Å². The van der Waals surface area contributed by atoms with Gasteiger partial charge in [-0.2, -0.15) is 5.10 Å². The van der Waals surface area contributed by atoms with Crippen LogP contribution in [0.4, 0.5) is 5.69 Å².